The van der Waals surface area contributed by atoms with Gasteiger partial charge in [-0.2, -0.15) is 0 Å². The van der Waals surface area contributed by atoms with Crippen molar-refractivity contribution in [1.29, 1.82) is 0 Å². The number of carbonyl (C=O) groups is 2. The van der Waals surface area contributed by atoms with Gasteiger partial charge < -0.3 is 10.1 Å². The number of halogens is 2. The first kappa shape index (κ1) is 16.1. The smallest absolute Gasteiger partial charge is 0.305 e. The minimum atomic E-state index is -0.262. The van der Waals surface area contributed by atoms with Crippen LogP contribution >= 0.6 is 23.2 Å². The number of methoxy groups -OCH3 is 1. The van der Waals surface area contributed by atoms with E-state index in [1.807, 2.05) is 12.1 Å². The lowest BCUT2D eigenvalue weighted by atomic mass is 10.1. The minimum absolute atomic E-state index is 0.0148. The van der Waals surface area contributed by atoms with E-state index in [0.29, 0.717) is 29.4 Å². The Morgan fingerprint density at radius 3 is 2.57 bits per heavy atom. The molecule has 0 radical (unpaired) electrons. The van der Waals surface area contributed by atoms with E-state index >= 15 is 0 Å². The van der Waals surface area contributed by atoms with Crippen molar-refractivity contribution in [2.45, 2.75) is 25.2 Å². The first-order valence-corrected chi connectivity index (χ1v) is 7.57. The number of nitrogens with one attached hydrogen (secondary N) is 1. The molecule has 21 heavy (non-hydrogen) atoms. The normalized spacial score (nSPS) is 20.0. The van der Waals surface area contributed by atoms with Crippen LogP contribution < -0.4 is 5.32 Å². The molecule has 0 aromatic heterocycles. The standard InChI is InChI=1S/C15H17Cl2NO3/c1-21-14(19)3-2-4-18-15(20)13-8-12(13)9-5-10(16)7-11(17)6-9/h5-7,12-13H,2-4,8H2,1H3,(H,18,20). The summed E-state index contributed by atoms with van der Waals surface area (Å²) in [5.74, 6) is -0.0949. The molecule has 1 fully saturated rings. The Balaban J connectivity index is 1.77. The molecule has 0 aliphatic heterocycles. The van der Waals surface area contributed by atoms with E-state index in [-0.39, 0.29) is 23.7 Å². The maximum absolute atomic E-state index is 12.0. The lowest BCUT2D eigenvalue weighted by Crippen LogP contribution is -2.26. The van der Waals surface area contributed by atoms with Gasteiger partial charge in [-0.3, -0.25) is 9.59 Å². The second-order valence-electron chi connectivity index (χ2n) is 5.12. The van der Waals surface area contributed by atoms with Gasteiger partial charge in [0.2, 0.25) is 5.91 Å². The van der Waals surface area contributed by atoms with Crippen LogP contribution in [-0.2, 0) is 14.3 Å². The minimum Gasteiger partial charge on any atom is -0.469 e. The average molecular weight is 330 g/mol. The molecule has 1 aliphatic rings. The average Bonchev–Trinajstić information content (AvgIpc) is 3.22. The number of ether oxygens (including phenoxy) is 1. The van der Waals surface area contributed by atoms with Crippen molar-refractivity contribution in [3.8, 4) is 0 Å². The molecule has 1 N–H and O–H groups in total. The number of carbonyl (C=O) groups excluding carboxylic acids is 2. The van der Waals surface area contributed by atoms with E-state index in [0.717, 1.165) is 12.0 Å². The van der Waals surface area contributed by atoms with Gasteiger partial charge in [-0.05, 0) is 42.5 Å². The van der Waals surface area contributed by atoms with Gasteiger partial charge in [0, 0.05) is 28.9 Å². The van der Waals surface area contributed by atoms with Crippen LogP contribution in [0.15, 0.2) is 18.2 Å². The topological polar surface area (TPSA) is 55.4 Å². The highest BCUT2D eigenvalue weighted by Gasteiger charge is 2.43. The van der Waals surface area contributed by atoms with Crippen molar-refractivity contribution in [1.82, 2.24) is 5.32 Å². The molecular formula is C15H17Cl2NO3. The van der Waals surface area contributed by atoms with Crippen LogP contribution in [0.1, 0.15) is 30.7 Å². The SMILES string of the molecule is COC(=O)CCCNC(=O)C1CC1c1cc(Cl)cc(Cl)c1. The fourth-order valence-corrected chi connectivity index (χ4v) is 2.86. The van der Waals surface area contributed by atoms with Gasteiger partial charge in [-0.25, -0.2) is 0 Å². The van der Waals surface area contributed by atoms with Gasteiger partial charge in [0.25, 0.3) is 0 Å². The van der Waals surface area contributed by atoms with E-state index < -0.39 is 0 Å². The first-order chi connectivity index (χ1) is 10.0. The van der Waals surface area contributed by atoms with Crippen molar-refractivity contribution < 1.29 is 14.3 Å². The molecule has 0 bridgehead atoms. The monoisotopic (exact) mass is 329 g/mol. The number of hydrogen-bond donors (Lipinski definition) is 1. The second kappa shape index (κ2) is 7.14. The summed E-state index contributed by atoms with van der Waals surface area (Å²) in [4.78, 5) is 22.9. The van der Waals surface area contributed by atoms with Crippen molar-refractivity contribution in [3.05, 3.63) is 33.8 Å². The van der Waals surface area contributed by atoms with Crippen LogP contribution in [0, 0.1) is 5.92 Å². The molecule has 0 spiro atoms. The Labute approximate surface area is 133 Å². The highest BCUT2D eigenvalue weighted by molar-refractivity contribution is 6.34. The van der Waals surface area contributed by atoms with Gasteiger partial charge >= 0.3 is 5.97 Å². The molecule has 1 aromatic rings. The molecule has 114 valence electrons. The highest BCUT2D eigenvalue weighted by Crippen LogP contribution is 2.48. The molecule has 0 heterocycles. The fourth-order valence-electron chi connectivity index (χ4n) is 2.32. The molecule has 1 amide bonds. The molecule has 1 aliphatic carbocycles. The van der Waals surface area contributed by atoms with E-state index in [4.69, 9.17) is 23.2 Å². The maximum atomic E-state index is 12.0. The summed E-state index contributed by atoms with van der Waals surface area (Å²) in [6, 6.07) is 5.38. The summed E-state index contributed by atoms with van der Waals surface area (Å²) >= 11 is 11.9. The van der Waals surface area contributed by atoms with Crippen LogP contribution in [-0.4, -0.2) is 25.5 Å². The Morgan fingerprint density at radius 2 is 1.95 bits per heavy atom. The lowest BCUT2D eigenvalue weighted by molar-refractivity contribution is -0.140. The second-order valence-corrected chi connectivity index (χ2v) is 6.00. The van der Waals surface area contributed by atoms with Crippen LogP contribution in [0.2, 0.25) is 10.0 Å². The van der Waals surface area contributed by atoms with Gasteiger partial charge in [0.15, 0.2) is 0 Å². The highest BCUT2D eigenvalue weighted by atomic mass is 35.5. The molecule has 2 unspecified atom stereocenters. The number of amides is 1. The zero-order valence-electron chi connectivity index (χ0n) is 11.7. The summed E-state index contributed by atoms with van der Waals surface area (Å²) in [5.41, 5.74) is 1.00. The van der Waals surface area contributed by atoms with Crippen LogP contribution in [0.3, 0.4) is 0 Å². The van der Waals surface area contributed by atoms with E-state index in [2.05, 4.69) is 10.1 Å². The fraction of sp³-hybridized carbons (Fsp3) is 0.467. The van der Waals surface area contributed by atoms with Gasteiger partial charge in [0.05, 0.1) is 7.11 Å². The van der Waals surface area contributed by atoms with E-state index in [1.54, 1.807) is 6.07 Å². The van der Waals surface area contributed by atoms with Gasteiger partial charge in [-0.15, -0.1) is 0 Å². The molecule has 1 saturated carbocycles. The van der Waals surface area contributed by atoms with Gasteiger partial charge in [0.1, 0.15) is 0 Å². The third kappa shape index (κ3) is 4.61. The maximum Gasteiger partial charge on any atom is 0.305 e. The molecular weight excluding hydrogens is 313 g/mol. The molecule has 1 aromatic carbocycles. The Kier molecular flexibility index (Phi) is 5.48. The van der Waals surface area contributed by atoms with Crippen molar-refractivity contribution in [3.63, 3.8) is 0 Å². The summed E-state index contributed by atoms with van der Waals surface area (Å²) in [7, 11) is 1.35. The largest absolute Gasteiger partial charge is 0.469 e. The molecule has 0 saturated heterocycles. The van der Waals surface area contributed by atoms with Crippen LogP contribution in [0.5, 0.6) is 0 Å². The predicted molar refractivity (Wildman–Crippen MR) is 81.6 cm³/mol. The van der Waals surface area contributed by atoms with Crippen molar-refractivity contribution >= 4 is 35.1 Å². The lowest BCUT2D eigenvalue weighted by Gasteiger charge is -2.05. The Bertz CT molecular complexity index is 527. The van der Waals surface area contributed by atoms with E-state index in [9.17, 15) is 9.59 Å². The van der Waals surface area contributed by atoms with Crippen LogP contribution in [0.4, 0.5) is 0 Å². The third-order valence-electron chi connectivity index (χ3n) is 3.52. The zero-order valence-corrected chi connectivity index (χ0v) is 13.2. The van der Waals surface area contributed by atoms with Crippen molar-refractivity contribution in [2.24, 2.45) is 5.92 Å². The molecule has 2 atom stereocenters. The number of benzene rings is 1. The van der Waals surface area contributed by atoms with Crippen LogP contribution in [0.25, 0.3) is 0 Å². The zero-order chi connectivity index (χ0) is 15.4. The van der Waals surface area contributed by atoms with Gasteiger partial charge in [-0.1, -0.05) is 23.2 Å². The third-order valence-corrected chi connectivity index (χ3v) is 3.96. The Morgan fingerprint density at radius 1 is 1.29 bits per heavy atom. The summed E-state index contributed by atoms with van der Waals surface area (Å²) in [5, 5.41) is 4.01. The molecule has 4 nitrogen and oxygen atoms in total. The Hall–Kier alpha value is -1.26. The summed E-state index contributed by atoms with van der Waals surface area (Å²) in [6.45, 7) is 0.480. The first-order valence-electron chi connectivity index (χ1n) is 6.81. The van der Waals surface area contributed by atoms with Crippen molar-refractivity contribution in [2.75, 3.05) is 13.7 Å². The molecule has 6 heteroatoms. The quantitative estimate of drug-likeness (QED) is 0.644. The number of rotatable bonds is 6. The predicted octanol–water partition coefficient (Wildman–Crippen LogP) is 3.17. The summed E-state index contributed by atoms with van der Waals surface area (Å²) < 4.78 is 4.54. The number of hydrogen-bond acceptors (Lipinski definition) is 3. The summed E-state index contributed by atoms with van der Waals surface area (Å²) in [6.07, 6.45) is 1.70. The van der Waals surface area contributed by atoms with E-state index in [1.165, 1.54) is 7.11 Å². The molecule has 2 rings (SSSR count). The number of esters is 1.